The molecule has 0 radical (unpaired) electrons. The van der Waals surface area contributed by atoms with Gasteiger partial charge >= 0.3 is 0 Å². The lowest BCUT2D eigenvalue weighted by molar-refractivity contribution is 0.234. The zero-order chi connectivity index (χ0) is 32.9. The Morgan fingerprint density at radius 1 is 0.609 bits per heavy atom. The number of fused-ring (bicyclic) bond motifs is 1. The van der Waals surface area contributed by atoms with E-state index < -0.39 is 0 Å². The first-order valence-corrected chi connectivity index (χ1v) is 16.1. The Bertz CT molecular complexity index is 1560. The van der Waals surface area contributed by atoms with Crippen molar-refractivity contribution in [2.24, 2.45) is 0 Å². The molecule has 4 aromatic carbocycles. The minimum Gasteiger partial charge on any atom is -0.493 e. The lowest BCUT2D eigenvalue weighted by Crippen LogP contribution is -2.07. The van der Waals surface area contributed by atoms with Crippen LogP contribution in [-0.2, 0) is 0 Å². The highest BCUT2D eigenvalue weighted by Crippen LogP contribution is 2.47. The Balaban J connectivity index is 0.00000235. The summed E-state index contributed by atoms with van der Waals surface area (Å²) in [6, 6.07) is 24.0. The Morgan fingerprint density at radius 2 is 1.17 bits per heavy atom. The van der Waals surface area contributed by atoms with Crippen molar-refractivity contribution < 1.29 is 33.2 Å². The van der Waals surface area contributed by atoms with Crippen molar-refractivity contribution in [3.8, 4) is 40.2 Å². The van der Waals surface area contributed by atoms with Gasteiger partial charge in [0.25, 0.3) is 0 Å². The maximum atomic E-state index is 6.15. The van der Waals surface area contributed by atoms with E-state index in [0.717, 1.165) is 22.4 Å². The summed E-state index contributed by atoms with van der Waals surface area (Å²) in [6.07, 6.45) is 4.64. The van der Waals surface area contributed by atoms with Crippen LogP contribution in [0.4, 0.5) is 5.69 Å². The van der Waals surface area contributed by atoms with Gasteiger partial charge in [-0.1, -0.05) is 62.0 Å². The van der Waals surface area contributed by atoms with E-state index in [0.29, 0.717) is 59.9 Å². The van der Waals surface area contributed by atoms with Gasteiger partial charge in [0.2, 0.25) is 5.75 Å². The number of benzene rings is 4. The number of hydrogen-bond acceptors (Lipinski definition) is 9. The highest BCUT2D eigenvalue weighted by atomic mass is 32.2. The molecular weight excluding hydrogens is 602 g/mol. The fourth-order valence-corrected chi connectivity index (χ4v) is 5.96. The number of anilines is 1. The van der Waals surface area contributed by atoms with E-state index in [1.54, 1.807) is 47.3 Å². The van der Waals surface area contributed by atoms with Gasteiger partial charge in [-0.25, -0.2) is 0 Å². The molecule has 0 fully saturated rings. The molecule has 0 spiro atoms. The standard InChI is InChI=1S/C35H37NO7S.C2H6/c1-37-27-15-13-23(11-12-24-20-31(39-3)34(41-5)32(21-24)40-4)19-29(27)42-17-8-18-43-30-22-25(14-16-28(30)38-2)35-36-26-9-6-7-10-33(26)44-35;1-2/h6-7,9-16,19-22,35-36H,8,17-18H2,1-5H3;1-2H3/b12-11-;. The monoisotopic (exact) mass is 645 g/mol. The largest absolute Gasteiger partial charge is 0.493 e. The average Bonchev–Trinajstić information content (AvgIpc) is 3.55. The minimum atomic E-state index is 0.117. The molecule has 1 N–H and O–H groups in total. The number of rotatable bonds is 14. The molecule has 1 aliphatic rings. The van der Waals surface area contributed by atoms with Gasteiger partial charge in [-0.3, -0.25) is 0 Å². The number of para-hydroxylation sites is 1. The highest BCUT2D eigenvalue weighted by molar-refractivity contribution is 8.00. The molecule has 8 nitrogen and oxygen atoms in total. The Kier molecular flexibility index (Phi) is 12.8. The van der Waals surface area contributed by atoms with E-state index >= 15 is 0 Å². The van der Waals surface area contributed by atoms with Gasteiger partial charge in [0, 0.05) is 17.0 Å². The van der Waals surface area contributed by atoms with Crippen LogP contribution in [0.5, 0.6) is 40.2 Å². The van der Waals surface area contributed by atoms with Gasteiger partial charge in [0.1, 0.15) is 5.37 Å². The molecule has 1 unspecified atom stereocenters. The van der Waals surface area contributed by atoms with Crippen molar-refractivity contribution in [3.05, 3.63) is 89.5 Å². The number of nitrogens with one attached hydrogen (secondary N) is 1. The molecule has 1 heterocycles. The van der Waals surface area contributed by atoms with Crippen LogP contribution in [-0.4, -0.2) is 48.8 Å². The Hall–Kier alpha value is -4.63. The van der Waals surface area contributed by atoms with Gasteiger partial charge in [0.15, 0.2) is 34.5 Å². The lowest BCUT2D eigenvalue weighted by Gasteiger charge is -2.16. The summed E-state index contributed by atoms with van der Waals surface area (Å²) in [5.74, 6) is 4.46. The van der Waals surface area contributed by atoms with Crippen LogP contribution >= 0.6 is 11.8 Å². The topological polar surface area (TPSA) is 76.6 Å². The summed E-state index contributed by atoms with van der Waals surface area (Å²) in [6.45, 7) is 4.92. The molecule has 0 bridgehead atoms. The average molecular weight is 646 g/mol. The second kappa shape index (κ2) is 17.2. The van der Waals surface area contributed by atoms with Gasteiger partial charge in [0.05, 0.1) is 48.8 Å². The van der Waals surface area contributed by atoms with E-state index in [9.17, 15) is 0 Å². The van der Waals surface area contributed by atoms with Crippen LogP contribution in [0, 0.1) is 0 Å². The van der Waals surface area contributed by atoms with Gasteiger partial charge in [-0.2, -0.15) is 0 Å². The minimum absolute atomic E-state index is 0.117. The first-order chi connectivity index (χ1) is 22.6. The summed E-state index contributed by atoms with van der Waals surface area (Å²) in [5, 5.41) is 3.69. The predicted octanol–water partition coefficient (Wildman–Crippen LogP) is 8.99. The van der Waals surface area contributed by atoms with E-state index in [1.807, 2.05) is 74.5 Å². The third-order valence-electron chi connectivity index (χ3n) is 7.06. The summed E-state index contributed by atoms with van der Waals surface area (Å²) < 4.78 is 39.7. The molecule has 244 valence electrons. The van der Waals surface area contributed by atoms with Crippen molar-refractivity contribution in [2.45, 2.75) is 30.5 Å². The second-order valence-corrected chi connectivity index (χ2v) is 10.9. The molecule has 0 saturated carbocycles. The van der Waals surface area contributed by atoms with Crippen LogP contribution in [0.2, 0.25) is 0 Å². The van der Waals surface area contributed by atoms with E-state index in [4.69, 9.17) is 33.2 Å². The van der Waals surface area contributed by atoms with Crippen molar-refractivity contribution in [3.63, 3.8) is 0 Å². The Labute approximate surface area is 276 Å². The molecule has 0 saturated heterocycles. The molecule has 5 rings (SSSR count). The third-order valence-corrected chi connectivity index (χ3v) is 8.29. The van der Waals surface area contributed by atoms with Crippen molar-refractivity contribution in [1.29, 1.82) is 0 Å². The van der Waals surface area contributed by atoms with Crippen molar-refractivity contribution in [2.75, 3.05) is 54.1 Å². The molecular formula is C37H43NO7S. The molecule has 46 heavy (non-hydrogen) atoms. The summed E-state index contributed by atoms with van der Waals surface area (Å²) >= 11 is 1.79. The Morgan fingerprint density at radius 3 is 1.78 bits per heavy atom. The molecule has 0 aromatic heterocycles. The predicted molar refractivity (Wildman–Crippen MR) is 187 cm³/mol. The molecule has 1 atom stereocenters. The van der Waals surface area contributed by atoms with Crippen LogP contribution < -0.4 is 38.5 Å². The smallest absolute Gasteiger partial charge is 0.203 e. The lowest BCUT2D eigenvalue weighted by atomic mass is 10.1. The number of ether oxygens (including phenoxy) is 7. The van der Waals surface area contributed by atoms with Gasteiger partial charge < -0.3 is 38.5 Å². The quantitative estimate of drug-likeness (QED) is 0.107. The zero-order valence-corrected chi connectivity index (χ0v) is 28.4. The fraction of sp³-hybridized carbons (Fsp3) is 0.297. The molecule has 9 heteroatoms. The molecule has 0 aliphatic carbocycles. The van der Waals surface area contributed by atoms with Crippen LogP contribution in [0.25, 0.3) is 12.2 Å². The van der Waals surface area contributed by atoms with Crippen molar-refractivity contribution >= 4 is 29.6 Å². The van der Waals surface area contributed by atoms with E-state index in [-0.39, 0.29) is 5.37 Å². The maximum Gasteiger partial charge on any atom is 0.203 e. The van der Waals surface area contributed by atoms with Crippen LogP contribution in [0.1, 0.15) is 42.3 Å². The summed E-state index contributed by atoms with van der Waals surface area (Å²) in [5.41, 5.74) is 4.13. The fourth-order valence-electron chi connectivity index (χ4n) is 4.83. The first-order valence-electron chi connectivity index (χ1n) is 15.2. The van der Waals surface area contributed by atoms with Crippen molar-refractivity contribution in [1.82, 2.24) is 0 Å². The van der Waals surface area contributed by atoms with Gasteiger partial charge in [-0.05, 0) is 65.2 Å². The first kappa shape index (κ1) is 34.2. The molecule has 4 aromatic rings. The maximum absolute atomic E-state index is 6.15. The van der Waals surface area contributed by atoms with Crippen LogP contribution in [0.3, 0.4) is 0 Å². The number of hydrogen-bond donors (Lipinski definition) is 1. The summed E-state index contributed by atoms with van der Waals surface area (Å²) in [4.78, 5) is 1.24. The third kappa shape index (κ3) is 8.34. The second-order valence-electron chi connectivity index (χ2n) is 9.80. The van der Waals surface area contributed by atoms with Gasteiger partial charge in [-0.15, -0.1) is 0 Å². The highest BCUT2D eigenvalue weighted by Gasteiger charge is 2.23. The SMILES string of the molecule is CC.COc1ccc(/C=C\c2cc(OC)c(OC)c(OC)c2)cc1OCCCOc1cc(C2Nc3ccccc3S2)ccc1OC. The molecule has 1 aliphatic heterocycles. The zero-order valence-electron chi connectivity index (χ0n) is 27.5. The number of thioether (sulfide) groups is 1. The van der Waals surface area contributed by atoms with Crippen LogP contribution in [0.15, 0.2) is 77.7 Å². The summed E-state index contributed by atoms with van der Waals surface area (Å²) in [7, 11) is 8.07. The normalized spacial score (nSPS) is 13.2. The molecule has 0 amide bonds. The van der Waals surface area contributed by atoms with E-state index in [1.165, 1.54) is 4.90 Å². The number of methoxy groups -OCH3 is 5. The van der Waals surface area contributed by atoms with E-state index in [2.05, 4.69) is 29.6 Å².